The Morgan fingerprint density at radius 2 is 1.73 bits per heavy atom. The number of carbonyl (C=O) groups excluding carboxylic acids is 2. The number of pyridine rings is 1. The second kappa shape index (κ2) is 9.85. The molecule has 0 atom stereocenters. The van der Waals surface area contributed by atoms with E-state index < -0.39 is 5.97 Å². The minimum Gasteiger partial charge on any atom is -0.462 e. The molecule has 3 aromatic carbocycles. The van der Waals surface area contributed by atoms with Gasteiger partial charge in [0.15, 0.2) is 11.6 Å². The zero-order valence-electron chi connectivity index (χ0n) is 21.3. The molecule has 2 aromatic heterocycles. The predicted octanol–water partition coefficient (Wildman–Crippen LogP) is 5.86. The Balaban J connectivity index is 1.56. The lowest BCUT2D eigenvalue weighted by Crippen LogP contribution is -2.20. The molecule has 0 bridgehead atoms. The van der Waals surface area contributed by atoms with E-state index in [1.807, 2.05) is 62.4 Å². The molecule has 0 aliphatic heterocycles. The van der Waals surface area contributed by atoms with Gasteiger partial charge in [-0.2, -0.15) is 9.78 Å². The highest BCUT2D eigenvalue weighted by Crippen LogP contribution is 2.27. The topological polar surface area (TPSA) is 86.1 Å². The van der Waals surface area contributed by atoms with Gasteiger partial charge < -0.3 is 10.1 Å². The lowest BCUT2D eigenvalue weighted by Gasteiger charge is -2.14. The molecule has 5 rings (SSSR count). The minimum absolute atomic E-state index is 0.136. The third kappa shape index (κ3) is 4.68. The lowest BCUT2D eigenvalue weighted by atomic mass is 10.0. The Kier molecular flexibility index (Phi) is 6.44. The summed E-state index contributed by atoms with van der Waals surface area (Å²) in [6.07, 6.45) is 1.55. The number of aromatic nitrogens is 3. The molecule has 0 saturated heterocycles. The summed E-state index contributed by atoms with van der Waals surface area (Å²) in [4.78, 5) is 30.9. The molecular weight excluding hydrogens is 464 g/mol. The number of rotatable bonds is 6. The van der Waals surface area contributed by atoms with Crippen LogP contribution in [-0.2, 0) is 16.0 Å². The van der Waals surface area contributed by atoms with Crippen LogP contribution in [0.4, 0.5) is 5.82 Å². The number of fused-ring (bicyclic) bond motifs is 2. The first-order valence-corrected chi connectivity index (χ1v) is 12.3. The molecule has 0 spiro atoms. The van der Waals surface area contributed by atoms with E-state index in [1.54, 1.807) is 6.92 Å². The largest absolute Gasteiger partial charge is 0.462 e. The van der Waals surface area contributed by atoms with Crippen LogP contribution in [0, 0.1) is 20.8 Å². The molecule has 1 N–H and O–H groups in total. The number of hydrogen-bond donors (Lipinski definition) is 1. The number of anilines is 1. The van der Waals surface area contributed by atoms with Crippen molar-refractivity contribution in [2.24, 2.45) is 0 Å². The number of carbonyl (C=O) groups is 2. The van der Waals surface area contributed by atoms with Gasteiger partial charge in [0.05, 0.1) is 24.7 Å². The van der Waals surface area contributed by atoms with Crippen LogP contribution < -0.4 is 5.32 Å². The number of nitrogens with one attached hydrogen (secondary N) is 1. The van der Waals surface area contributed by atoms with E-state index in [1.165, 1.54) is 10.9 Å². The Labute approximate surface area is 215 Å². The average molecular weight is 493 g/mol. The summed E-state index contributed by atoms with van der Waals surface area (Å²) >= 11 is 0. The molecule has 0 radical (unpaired) electrons. The number of ether oxygens (including phenoxy) is 1. The van der Waals surface area contributed by atoms with Crippen molar-refractivity contribution in [1.82, 2.24) is 14.8 Å². The highest BCUT2D eigenvalue weighted by molar-refractivity contribution is 6.02. The van der Waals surface area contributed by atoms with E-state index in [4.69, 9.17) is 9.72 Å². The van der Waals surface area contributed by atoms with Gasteiger partial charge >= 0.3 is 5.97 Å². The monoisotopic (exact) mass is 492 g/mol. The third-order valence-corrected chi connectivity index (χ3v) is 6.41. The van der Waals surface area contributed by atoms with Gasteiger partial charge in [-0.3, -0.25) is 4.79 Å². The summed E-state index contributed by atoms with van der Waals surface area (Å²) in [5.41, 5.74) is 5.14. The van der Waals surface area contributed by atoms with Crippen molar-refractivity contribution in [1.29, 1.82) is 0 Å². The standard InChI is InChI=1S/C30H28N4O3/c1-5-37-30(36)25-17-31-34(26-15-19(3)24-14-18(2)13-20(4)28(24)32-26)29(25)33-27(35)16-22-11-8-10-21-9-6-7-12-23(21)22/h6-15,17H,5,16H2,1-4H3,(H,33,35). The van der Waals surface area contributed by atoms with Crippen molar-refractivity contribution in [3.05, 3.63) is 94.7 Å². The van der Waals surface area contributed by atoms with Gasteiger partial charge in [-0.05, 0) is 67.3 Å². The Hall–Kier alpha value is -4.52. The van der Waals surface area contributed by atoms with E-state index >= 15 is 0 Å². The van der Waals surface area contributed by atoms with E-state index in [9.17, 15) is 9.59 Å². The van der Waals surface area contributed by atoms with Crippen LogP contribution in [0.5, 0.6) is 0 Å². The Morgan fingerprint density at radius 3 is 2.54 bits per heavy atom. The van der Waals surface area contributed by atoms with Crippen molar-refractivity contribution in [3.8, 4) is 5.82 Å². The van der Waals surface area contributed by atoms with Gasteiger partial charge in [0.1, 0.15) is 5.56 Å². The van der Waals surface area contributed by atoms with Crippen LogP contribution in [0.3, 0.4) is 0 Å². The van der Waals surface area contributed by atoms with Gasteiger partial charge in [-0.15, -0.1) is 0 Å². The maximum atomic E-state index is 13.3. The molecule has 1 amide bonds. The van der Waals surface area contributed by atoms with Gasteiger partial charge in [-0.25, -0.2) is 9.78 Å². The van der Waals surface area contributed by atoms with Crippen LogP contribution in [0.15, 0.2) is 66.9 Å². The van der Waals surface area contributed by atoms with Crippen molar-refractivity contribution in [3.63, 3.8) is 0 Å². The second-order valence-corrected chi connectivity index (χ2v) is 9.18. The number of amides is 1. The molecule has 0 fully saturated rings. The first-order chi connectivity index (χ1) is 17.9. The van der Waals surface area contributed by atoms with E-state index in [0.717, 1.165) is 43.9 Å². The van der Waals surface area contributed by atoms with Crippen LogP contribution in [0.1, 0.15) is 39.5 Å². The fourth-order valence-electron chi connectivity index (χ4n) is 4.73. The van der Waals surface area contributed by atoms with E-state index in [0.29, 0.717) is 5.82 Å². The molecule has 0 aliphatic rings. The molecule has 0 unspecified atom stereocenters. The zero-order valence-corrected chi connectivity index (χ0v) is 21.3. The van der Waals surface area contributed by atoms with Gasteiger partial charge in [0.25, 0.3) is 0 Å². The average Bonchev–Trinajstić information content (AvgIpc) is 3.28. The molecule has 7 heteroatoms. The summed E-state index contributed by atoms with van der Waals surface area (Å²) < 4.78 is 6.74. The zero-order chi connectivity index (χ0) is 26.1. The summed E-state index contributed by atoms with van der Waals surface area (Å²) in [6, 6.07) is 19.9. The van der Waals surface area contributed by atoms with Gasteiger partial charge in [-0.1, -0.05) is 54.1 Å². The maximum Gasteiger partial charge on any atom is 0.343 e. The first kappa shape index (κ1) is 24.2. The summed E-state index contributed by atoms with van der Waals surface area (Å²) in [5, 5.41) is 10.5. The molecule has 186 valence electrons. The normalized spacial score (nSPS) is 11.1. The number of aryl methyl sites for hydroxylation is 3. The lowest BCUT2D eigenvalue weighted by molar-refractivity contribution is -0.115. The van der Waals surface area contributed by atoms with E-state index in [2.05, 4.69) is 29.5 Å². The smallest absolute Gasteiger partial charge is 0.343 e. The van der Waals surface area contributed by atoms with Crippen molar-refractivity contribution < 1.29 is 14.3 Å². The maximum absolute atomic E-state index is 13.3. The van der Waals surface area contributed by atoms with Crippen molar-refractivity contribution >= 4 is 39.4 Å². The number of hydrogen-bond acceptors (Lipinski definition) is 5. The summed E-state index contributed by atoms with van der Waals surface area (Å²) in [5.74, 6) is -0.0841. The van der Waals surface area contributed by atoms with Gasteiger partial charge in [0, 0.05) is 5.39 Å². The van der Waals surface area contributed by atoms with Crippen molar-refractivity contribution in [2.45, 2.75) is 34.1 Å². The van der Waals surface area contributed by atoms with Gasteiger partial charge in [0.2, 0.25) is 5.91 Å². The van der Waals surface area contributed by atoms with Crippen LogP contribution >= 0.6 is 0 Å². The van der Waals surface area contributed by atoms with E-state index in [-0.39, 0.29) is 30.3 Å². The Bertz CT molecular complexity index is 1660. The molecule has 5 aromatic rings. The Morgan fingerprint density at radius 1 is 0.946 bits per heavy atom. The molecule has 2 heterocycles. The van der Waals surface area contributed by atoms with Crippen LogP contribution in [0.25, 0.3) is 27.5 Å². The quantitative estimate of drug-likeness (QED) is 0.300. The number of nitrogens with zero attached hydrogens (tertiary/aromatic N) is 3. The molecular formula is C30H28N4O3. The second-order valence-electron chi connectivity index (χ2n) is 9.18. The molecule has 0 aliphatic carbocycles. The molecule has 7 nitrogen and oxygen atoms in total. The predicted molar refractivity (Wildman–Crippen MR) is 145 cm³/mol. The highest BCUT2D eigenvalue weighted by atomic mass is 16.5. The molecule has 0 saturated carbocycles. The fourth-order valence-corrected chi connectivity index (χ4v) is 4.73. The SMILES string of the molecule is CCOC(=O)c1cnn(-c2cc(C)c3cc(C)cc(C)c3n2)c1NC(=O)Cc1cccc2ccccc12. The minimum atomic E-state index is -0.557. The summed E-state index contributed by atoms with van der Waals surface area (Å²) in [7, 11) is 0. The van der Waals surface area contributed by atoms with Crippen molar-refractivity contribution in [2.75, 3.05) is 11.9 Å². The number of benzene rings is 3. The summed E-state index contributed by atoms with van der Waals surface area (Å²) in [6.45, 7) is 8.04. The fraction of sp³-hybridized carbons (Fsp3) is 0.200. The van der Waals surface area contributed by atoms with Crippen LogP contribution in [0.2, 0.25) is 0 Å². The molecule has 37 heavy (non-hydrogen) atoms. The van der Waals surface area contributed by atoms with Crippen LogP contribution in [-0.4, -0.2) is 33.2 Å². The first-order valence-electron chi connectivity index (χ1n) is 12.3. The highest BCUT2D eigenvalue weighted by Gasteiger charge is 2.23. The third-order valence-electron chi connectivity index (χ3n) is 6.41. The number of esters is 1.